The zero-order valence-electron chi connectivity index (χ0n) is 12.6. The lowest BCUT2D eigenvalue weighted by Gasteiger charge is -2.35. The molecule has 0 saturated carbocycles. The van der Waals surface area contributed by atoms with E-state index in [1.165, 1.54) is 13.1 Å². The fourth-order valence-electron chi connectivity index (χ4n) is 2.39. The van der Waals surface area contributed by atoms with Gasteiger partial charge in [-0.25, -0.2) is 9.59 Å². The van der Waals surface area contributed by atoms with E-state index >= 15 is 0 Å². The van der Waals surface area contributed by atoms with Crippen LogP contribution in [0, 0.1) is 0 Å². The molecule has 0 aromatic carbocycles. The molecule has 0 fully saturated rings. The molecule has 7 nitrogen and oxygen atoms in total. The van der Waals surface area contributed by atoms with Crippen molar-refractivity contribution in [3.05, 3.63) is 41.4 Å². The molecule has 3 amide bonds. The fourth-order valence-corrected chi connectivity index (χ4v) is 2.39. The second-order valence-corrected chi connectivity index (χ2v) is 4.77. The molecule has 1 N–H and O–H groups in total. The molecule has 2 rings (SSSR count). The maximum absolute atomic E-state index is 12.3. The molecular formula is C15H17N3O4. The van der Waals surface area contributed by atoms with Crippen molar-refractivity contribution in [2.75, 3.05) is 6.61 Å². The molecule has 116 valence electrons. The molecule has 0 unspecified atom stereocenters. The molecule has 0 bridgehead atoms. The predicted octanol–water partition coefficient (Wildman–Crippen LogP) is 1.53. The third-order valence-electron chi connectivity index (χ3n) is 3.28. The highest BCUT2D eigenvalue weighted by molar-refractivity contribution is 6.01. The van der Waals surface area contributed by atoms with Crippen LogP contribution in [0.3, 0.4) is 0 Å². The van der Waals surface area contributed by atoms with Crippen molar-refractivity contribution in [2.45, 2.75) is 26.8 Å². The number of rotatable bonds is 3. The number of carbonyl (C=O) groups excluding carboxylic acids is 3. The lowest BCUT2D eigenvalue weighted by atomic mass is 9.95. The molecule has 2 heterocycles. The highest BCUT2D eigenvalue weighted by atomic mass is 16.5. The Labute approximate surface area is 128 Å². The first-order chi connectivity index (χ1) is 10.5. The monoisotopic (exact) mass is 303 g/mol. The van der Waals surface area contributed by atoms with Gasteiger partial charge in [-0.2, -0.15) is 0 Å². The topological polar surface area (TPSA) is 88.6 Å². The second-order valence-electron chi connectivity index (χ2n) is 4.77. The molecule has 0 radical (unpaired) electrons. The van der Waals surface area contributed by atoms with Crippen molar-refractivity contribution in [3.8, 4) is 0 Å². The van der Waals surface area contributed by atoms with Crippen LogP contribution in [0.15, 0.2) is 35.8 Å². The summed E-state index contributed by atoms with van der Waals surface area (Å²) in [6, 6.07) is 1.96. The zero-order valence-corrected chi connectivity index (χ0v) is 12.6. The van der Waals surface area contributed by atoms with Gasteiger partial charge in [-0.15, -0.1) is 0 Å². The highest BCUT2D eigenvalue weighted by Gasteiger charge is 2.40. The lowest BCUT2D eigenvalue weighted by Crippen LogP contribution is -2.50. The Bertz CT molecular complexity index is 639. The smallest absolute Gasteiger partial charge is 0.338 e. The van der Waals surface area contributed by atoms with Crippen molar-refractivity contribution < 1.29 is 19.1 Å². The van der Waals surface area contributed by atoms with Gasteiger partial charge < -0.3 is 10.1 Å². The van der Waals surface area contributed by atoms with Crippen LogP contribution in [0.2, 0.25) is 0 Å². The van der Waals surface area contributed by atoms with Gasteiger partial charge in [0, 0.05) is 25.0 Å². The maximum atomic E-state index is 12.3. The molecule has 1 aliphatic heterocycles. The summed E-state index contributed by atoms with van der Waals surface area (Å²) < 4.78 is 5.06. The van der Waals surface area contributed by atoms with E-state index < -0.39 is 23.9 Å². The number of aromatic nitrogens is 1. The minimum absolute atomic E-state index is 0.198. The van der Waals surface area contributed by atoms with Gasteiger partial charge in [-0.1, -0.05) is 6.07 Å². The minimum atomic E-state index is -0.848. The molecule has 1 aromatic rings. The largest absolute Gasteiger partial charge is 0.463 e. The summed E-state index contributed by atoms with van der Waals surface area (Å²) in [6.07, 6.45) is 3.09. The van der Waals surface area contributed by atoms with E-state index in [0.717, 1.165) is 4.90 Å². The Morgan fingerprint density at radius 2 is 2.18 bits per heavy atom. The van der Waals surface area contributed by atoms with Gasteiger partial charge in [-0.05, 0) is 25.5 Å². The quantitative estimate of drug-likeness (QED) is 0.855. The molecule has 7 heteroatoms. The predicted molar refractivity (Wildman–Crippen MR) is 77.4 cm³/mol. The van der Waals surface area contributed by atoms with Crippen LogP contribution in [0.5, 0.6) is 0 Å². The first-order valence-electron chi connectivity index (χ1n) is 6.86. The summed E-state index contributed by atoms with van der Waals surface area (Å²) in [5, 5.41) is 2.52. The van der Waals surface area contributed by atoms with Crippen LogP contribution in [0.1, 0.15) is 32.4 Å². The lowest BCUT2D eigenvalue weighted by molar-refractivity contribution is -0.139. The molecule has 22 heavy (non-hydrogen) atoms. The van der Waals surface area contributed by atoms with Crippen LogP contribution in [0.4, 0.5) is 4.79 Å². The molecule has 0 saturated heterocycles. The molecular weight excluding hydrogens is 286 g/mol. The SMILES string of the molecule is CCOC(=O)C1=C(C)NC(=O)N(C(C)=O)[C@@H]1c1cccnc1. The van der Waals surface area contributed by atoms with E-state index in [1.54, 1.807) is 32.2 Å². The second kappa shape index (κ2) is 6.38. The Hall–Kier alpha value is -2.70. The third kappa shape index (κ3) is 2.83. The van der Waals surface area contributed by atoms with Gasteiger partial charge in [-0.3, -0.25) is 14.7 Å². The van der Waals surface area contributed by atoms with E-state index in [1.807, 2.05) is 0 Å². The first kappa shape index (κ1) is 15.7. The molecule has 0 spiro atoms. The van der Waals surface area contributed by atoms with Crippen molar-refractivity contribution in [3.63, 3.8) is 0 Å². The highest BCUT2D eigenvalue weighted by Crippen LogP contribution is 2.33. The summed E-state index contributed by atoms with van der Waals surface area (Å²) in [4.78, 5) is 41.3. The Balaban J connectivity index is 2.60. The average Bonchev–Trinajstić information content (AvgIpc) is 2.47. The van der Waals surface area contributed by atoms with Gasteiger partial charge >= 0.3 is 12.0 Å². The maximum Gasteiger partial charge on any atom is 0.338 e. The van der Waals surface area contributed by atoms with Crippen molar-refractivity contribution in [1.29, 1.82) is 0 Å². The summed E-state index contributed by atoms with van der Waals surface area (Å²) >= 11 is 0. The summed E-state index contributed by atoms with van der Waals surface area (Å²) in [5.41, 5.74) is 1.16. The first-order valence-corrected chi connectivity index (χ1v) is 6.86. The molecule has 0 aliphatic carbocycles. The van der Waals surface area contributed by atoms with E-state index in [0.29, 0.717) is 11.3 Å². The Morgan fingerprint density at radius 1 is 1.45 bits per heavy atom. The standard InChI is InChI=1S/C15H17N3O4/c1-4-22-14(20)12-9(2)17-15(21)18(10(3)19)13(12)11-6-5-7-16-8-11/h5-8,13H,4H2,1-3H3,(H,17,21)/t13-/m1/s1. The number of hydrogen-bond acceptors (Lipinski definition) is 5. The van der Waals surface area contributed by atoms with Crippen LogP contribution in [0.25, 0.3) is 0 Å². The number of nitrogens with zero attached hydrogens (tertiary/aromatic N) is 2. The summed E-state index contributed by atoms with van der Waals surface area (Å²) in [7, 11) is 0. The summed E-state index contributed by atoms with van der Waals surface area (Å²) in [6.45, 7) is 4.76. The van der Waals surface area contributed by atoms with E-state index in [-0.39, 0.29) is 12.2 Å². The average molecular weight is 303 g/mol. The fraction of sp³-hybridized carbons (Fsp3) is 0.333. The number of esters is 1. The number of urea groups is 1. The van der Waals surface area contributed by atoms with Crippen LogP contribution in [-0.4, -0.2) is 34.4 Å². The van der Waals surface area contributed by atoms with Gasteiger partial charge in [0.1, 0.15) is 6.04 Å². The number of ether oxygens (including phenoxy) is 1. The Morgan fingerprint density at radius 3 is 2.73 bits per heavy atom. The van der Waals surface area contributed by atoms with Gasteiger partial charge in [0.15, 0.2) is 0 Å². The molecule has 1 aromatic heterocycles. The van der Waals surface area contributed by atoms with Crippen LogP contribution < -0.4 is 5.32 Å². The Kier molecular flexibility index (Phi) is 4.55. The number of imide groups is 1. The van der Waals surface area contributed by atoms with E-state index in [4.69, 9.17) is 4.74 Å². The number of allylic oxidation sites excluding steroid dienone is 1. The van der Waals surface area contributed by atoms with E-state index in [9.17, 15) is 14.4 Å². The number of amides is 3. The van der Waals surface area contributed by atoms with E-state index in [2.05, 4.69) is 10.3 Å². The van der Waals surface area contributed by atoms with Crippen molar-refractivity contribution in [1.82, 2.24) is 15.2 Å². The normalized spacial score (nSPS) is 18.0. The molecule has 1 aliphatic rings. The number of hydrogen-bond donors (Lipinski definition) is 1. The number of pyridine rings is 1. The molecule has 1 atom stereocenters. The summed E-state index contributed by atoms with van der Waals surface area (Å²) in [5.74, 6) is -1.04. The van der Waals surface area contributed by atoms with Crippen LogP contribution in [-0.2, 0) is 14.3 Å². The van der Waals surface area contributed by atoms with Crippen molar-refractivity contribution in [2.24, 2.45) is 0 Å². The zero-order chi connectivity index (χ0) is 16.3. The third-order valence-corrected chi connectivity index (χ3v) is 3.28. The minimum Gasteiger partial charge on any atom is -0.463 e. The van der Waals surface area contributed by atoms with Crippen molar-refractivity contribution >= 4 is 17.9 Å². The number of nitrogens with one attached hydrogen (secondary N) is 1. The van der Waals surface area contributed by atoms with Gasteiger partial charge in [0.25, 0.3) is 0 Å². The number of carbonyl (C=O) groups is 3. The van der Waals surface area contributed by atoms with Gasteiger partial charge in [0.05, 0.1) is 12.2 Å². The van der Waals surface area contributed by atoms with Crippen LogP contribution >= 0.6 is 0 Å². The van der Waals surface area contributed by atoms with Gasteiger partial charge in [0.2, 0.25) is 5.91 Å².